The van der Waals surface area contributed by atoms with Gasteiger partial charge in [0.15, 0.2) is 0 Å². The van der Waals surface area contributed by atoms with Gasteiger partial charge >= 0.3 is 19.5 Å². The molecule has 3 nitrogen and oxygen atoms in total. The van der Waals surface area contributed by atoms with Crippen molar-refractivity contribution in [2.45, 2.75) is 65.7 Å². The third-order valence-electron chi connectivity index (χ3n) is 4.02. The first-order valence-electron chi connectivity index (χ1n) is 8.69. The normalized spacial score (nSPS) is 16.1. The van der Waals surface area contributed by atoms with Crippen LogP contribution in [0, 0.1) is 0 Å². The summed E-state index contributed by atoms with van der Waals surface area (Å²) in [6.45, 7) is 26.2. The van der Waals surface area contributed by atoms with Crippen molar-refractivity contribution in [1.82, 2.24) is 4.90 Å². The number of allylic oxidation sites excluding steroid dienone is 3. The molecule has 0 saturated heterocycles. The van der Waals surface area contributed by atoms with Crippen LogP contribution in [0.25, 0.3) is 5.32 Å². The Morgan fingerprint density at radius 1 is 1.08 bits per heavy atom. The molecule has 0 aliphatic carbocycles. The van der Waals surface area contributed by atoms with E-state index in [1.165, 1.54) is 5.70 Å². The van der Waals surface area contributed by atoms with Crippen LogP contribution in [0.15, 0.2) is 35.4 Å². The molecule has 0 bridgehead atoms. The van der Waals surface area contributed by atoms with Gasteiger partial charge in [-0.3, -0.25) is 0 Å². The quantitative estimate of drug-likeness (QED) is 0.329. The van der Waals surface area contributed by atoms with Crippen LogP contribution in [-0.4, -0.2) is 41.6 Å². The summed E-state index contributed by atoms with van der Waals surface area (Å²) in [5.74, 6) is 2.47. The van der Waals surface area contributed by atoms with E-state index in [1.54, 1.807) is 0 Å². The molecule has 0 aromatic carbocycles. The van der Waals surface area contributed by atoms with Crippen molar-refractivity contribution in [3.8, 4) is 0 Å². The van der Waals surface area contributed by atoms with Crippen molar-refractivity contribution in [2.24, 2.45) is 0 Å². The van der Waals surface area contributed by atoms with Crippen molar-refractivity contribution >= 4 is 14.7 Å². The topological polar surface area (TPSA) is 34.4 Å². The summed E-state index contributed by atoms with van der Waals surface area (Å²) < 4.78 is 0. The minimum absolute atomic E-state index is 0. The second-order valence-electron chi connectivity index (χ2n) is 8.07. The zero-order valence-corrected chi connectivity index (χ0v) is 20.0. The molecule has 1 rings (SSSR count). The van der Waals surface area contributed by atoms with E-state index in [4.69, 9.17) is 10.1 Å². The number of hydrogen-bond donors (Lipinski definition) is 0. The molecule has 0 fully saturated rings. The molecule has 5 heteroatoms. The van der Waals surface area contributed by atoms with Gasteiger partial charge in [0.1, 0.15) is 0 Å². The maximum absolute atomic E-state index is 7.50. The monoisotopic (exact) mass is 453 g/mol. The standard InChI is InChI=1S/C19H34N2P.CO.Ru.H/c1-9-21(10-2)14-16-12-11-13-17(20-16)15-22(18(3,4)5)19(6,7)8;1-2;;/h11-13,15H,9-10,14H2,1-8H3;;;/q2*-1;+3;/p+1/b17-15-;;;. The Labute approximate surface area is 169 Å². The van der Waals surface area contributed by atoms with Crippen molar-refractivity contribution in [1.29, 1.82) is 0 Å². The summed E-state index contributed by atoms with van der Waals surface area (Å²) in [5.41, 5.74) is 2.34. The Bertz CT molecular complexity index is 455. The van der Waals surface area contributed by atoms with Crippen molar-refractivity contribution in [2.75, 3.05) is 19.6 Å². The van der Waals surface area contributed by atoms with Gasteiger partial charge in [0.25, 0.3) is 0 Å². The van der Waals surface area contributed by atoms with Crippen LogP contribution in [0.4, 0.5) is 0 Å². The molecule has 0 aromatic heterocycles. The summed E-state index contributed by atoms with van der Waals surface area (Å²) in [7, 11) is -0.684. The van der Waals surface area contributed by atoms with Crippen LogP contribution in [0.3, 0.4) is 0 Å². The average molecular weight is 453 g/mol. The maximum atomic E-state index is 7.50. The predicted molar refractivity (Wildman–Crippen MR) is 111 cm³/mol. The third kappa shape index (κ3) is 9.83. The van der Waals surface area contributed by atoms with Gasteiger partial charge in [-0.05, 0) is 54.6 Å². The first-order valence-corrected chi connectivity index (χ1v) is 10.3. The average Bonchev–Trinajstić information content (AvgIpc) is 2.50. The van der Waals surface area contributed by atoms with Crippen molar-refractivity contribution in [3.05, 3.63) is 40.8 Å². The van der Waals surface area contributed by atoms with E-state index in [0.717, 1.165) is 25.3 Å². The molecule has 0 saturated carbocycles. The molecule has 0 spiro atoms. The molecular weight excluding hydrogens is 416 g/mol. The van der Waals surface area contributed by atoms with Gasteiger partial charge in [-0.1, -0.05) is 32.1 Å². The Hall–Kier alpha value is -0.297. The van der Waals surface area contributed by atoms with Crippen LogP contribution in [0.5, 0.6) is 0 Å². The number of carbonyl (C=O) groups excluding carboxylic acids is 1. The molecule has 0 unspecified atom stereocenters. The molecule has 143 valence electrons. The molecule has 0 atom stereocenters. The molecule has 0 amide bonds. The van der Waals surface area contributed by atoms with Gasteiger partial charge in [-0.15, -0.1) is 11.4 Å². The van der Waals surface area contributed by atoms with Gasteiger partial charge in [-0.25, -0.2) is 0 Å². The van der Waals surface area contributed by atoms with E-state index in [9.17, 15) is 0 Å². The fourth-order valence-electron chi connectivity index (χ4n) is 3.05. The minimum atomic E-state index is -0.684. The third-order valence-corrected chi connectivity index (χ3v) is 7.83. The van der Waals surface area contributed by atoms with Gasteiger partial charge in [-0.2, -0.15) is 0 Å². The van der Waals surface area contributed by atoms with Crippen LogP contribution in [-0.2, 0) is 24.3 Å². The zero-order valence-electron chi connectivity index (χ0n) is 17.1. The second-order valence-corrected chi connectivity index (χ2v) is 12.2. The Morgan fingerprint density at radius 2 is 1.56 bits per heavy atom. The summed E-state index contributed by atoms with van der Waals surface area (Å²) in [5, 5.41) is 5.57. The molecule has 1 aliphatic rings. The number of nitrogens with zero attached hydrogens (tertiary/aromatic N) is 2. The Morgan fingerprint density at radius 3 is 1.96 bits per heavy atom. The van der Waals surface area contributed by atoms with Crippen LogP contribution in [0.2, 0.25) is 0 Å². The van der Waals surface area contributed by atoms with E-state index in [2.05, 4.69) is 91.1 Å². The molecule has 2 radical (unpaired) electrons. The van der Waals surface area contributed by atoms with Gasteiger partial charge < -0.3 is 21.8 Å². The second kappa shape index (κ2) is 12.2. The molecule has 0 aromatic rings. The van der Waals surface area contributed by atoms with E-state index in [0.29, 0.717) is 10.3 Å². The van der Waals surface area contributed by atoms with Crippen LogP contribution >= 0.6 is 7.92 Å². The first kappa shape index (κ1) is 26.9. The molecule has 0 N–H and O–H groups in total. The fourth-order valence-corrected chi connectivity index (χ4v) is 6.62. The summed E-state index contributed by atoms with van der Waals surface area (Å²) in [4.78, 5) is 9.91. The Kier molecular flexibility index (Phi) is 13.1. The summed E-state index contributed by atoms with van der Waals surface area (Å²) in [6, 6.07) is 0. The molecule has 25 heavy (non-hydrogen) atoms. The SMILES string of the molecule is CCN(CC)CC1=CC=C/C(=C/[PH+](C(C)(C)C)C(C)(C)C)[N-]1.[C-]=O.[RuH+3]. The summed E-state index contributed by atoms with van der Waals surface area (Å²) >= 11 is 0. The van der Waals surface area contributed by atoms with E-state index in [1.807, 2.05) is 0 Å². The predicted octanol–water partition coefficient (Wildman–Crippen LogP) is 5.14. The van der Waals surface area contributed by atoms with E-state index in [-0.39, 0.29) is 19.5 Å². The number of rotatable bonds is 5. The van der Waals surface area contributed by atoms with Gasteiger partial charge in [0, 0.05) is 20.3 Å². The van der Waals surface area contributed by atoms with E-state index < -0.39 is 7.92 Å². The zero-order chi connectivity index (χ0) is 19.0. The Balaban J connectivity index is 0. The molecule has 1 heterocycles. The van der Waals surface area contributed by atoms with Gasteiger partial charge in [0.2, 0.25) is 0 Å². The molecular formula is C20H36N2OPRu+2. The number of hydrogen-bond acceptors (Lipinski definition) is 2. The molecule has 1 aliphatic heterocycles. The van der Waals surface area contributed by atoms with Crippen molar-refractivity contribution in [3.63, 3.8) is 0 Å². The fraction of sp³-hybridized carbons (Fsp3) is 0.650. The van der Waals surface area contributed by atoms with Crippen LogP contribution in [0.1, 0.15) is 55.4 Å². The number of likely N-dealkylation sites (N-methyl/N-ethyl adjacent to an activating group) is 1. The van der Waals surface area contributed by atoms with E-state index >= 15 is 0 Å². The first-order chi connectivity index (χ1) is 11.1. The van der Waals surface area contributed by atoms with Crippen molar-refractivity contribution < 1.29 is 24.3 Å². The van der Waals surface area contributed by atoms with Crippen LogP contribution < -0.4 is 0 Å². The van der Waals surface area contributed by atoms with Gasteiger partial charge in [0.05, 0.1) is 10.3 Å². The summed E-state index contributed by atoms with van der Waals surface area (Å²) in [6.07, 6.45) is 6.46.